The van der Waals surface area contributed by atoms with Crippen LogP contribution in [0.4, 0.5) is 5.69 Å². The van der Waals surface area contributed by atoms with Gasteiger partial charge in [-0.15, -0.1) is 0 Å². The Kier molecular flexibility index (Phi) is 6.53. The van der Waals surface area contributed by atoms with Gasteiger partial charge in [-0.2, -0.15) is 0 Å². The normalized spacial score (nSPS) is 14.8. The van der Waals surface area contributed by atoms with Crippen molar-refractivity contribution in [2.45, 2.75) is 24.2 Å². The Morgan fingerprint density at radius 1 is 1.00 bits per heavy atom. The molecule has 2 aromatic carbocycles. The van der Waals surface area contributed by atoms with Crippen molar-refractivity contribution in [3.63, 3.8) is 0 Å². The van der Waals surface area contributed by atoms with Crippen LogP contribution in [0.2, 0.25) is 0 Å². The minimum atomic E-state index is -3.64. The molecule has 7 nitrogen and oxygen atoms in total. The van der Waals surface area contributed by atoms with E-state index in [0.29, 0.717) is 18.7 Å². The average Bonchev–Trinajstić information content (AvgIpc) is 2.72. The molecule has 3 rings (SSSR count). The van der Waals surface area contributed by atoms with Crippen LogP contribution in [0.3, 0.4) is 0 Å². The molecular weight excluding hydrogens is 380 g/mol. The number of ether oxygens (including phenoxy) is 2. The highest BCUT2D eigenvalue weighted by atomic mass is 32.2. The van der Waals surface area contributed by atoms with Crippen LogP contribution in [0.15, 0.2) is 53.4 Å². The number of benzene rings is 2. The highest BCUT2D eigenvalue weighted by Gasteiger charge is 2.20. The first-order chi connectivity index (χ1) is 13.5. The number of rotatable bonds is 8. The van der Waals surface area contributed by atoms with Crippen molar-refractivity contribution in [1.29, 1.82) is 0 Å². The second kappa shape index (κ2) is 9.07. The molecule has 1 amide bonds. The SMILES string of the molecule is COc1ccc(OCCNS(=O)(=O)c2ccc(N3CCCCC3=O)cc2)cc1. The third-order valence-corrected chi connectivity index (χ3v) is 5.98. The smallest absolute Gasteiger partial charge is 0.240 e. The fourth-order valence-corrected chi connectivity index (χ4v) is 4.00. The van der Waals surface area contributed by atoms with Crippen molar-refractivity contribution in [2.24, 2.45) is 0 Å². The van der Waals surface area contributed by atoms with E-state index in [2.05, 4.69) is 4.72 Å². The number of hydrogen-bond acceptors (Lipinski definition) is 5. The summed E-state index contributed by atoms with van der Waals surface area (Å²) in [6.45, 7) is 1.01. The van der Waals surface area contributed by atoms with Crippen molar-refractivity contribution >= 4 is 21.6 Å². The number of carbonyl (C=O) groups is 1. The lowest BCUT2D eigenvalue weighted by atomic mass is 10.1. The van der Waals surface area contributed by atoms with E-state index >= 15 is 0 Å². The molecule has 150 valence electrons. The van der Waals surface area contributed by atoms with Gasteiger partial charge in [-0.05, 0) is 61.4 Å². The highest BCUT2D eigenvalue weighted by molar-refractivity contribution is 7.89. The Hall–Kier alpha value is -2.58. The topological polar surface area (TPSA) is 84.9 Å². The fraction of sp³-hybridized carbons (Fsp3) is 0.350. The molecule has 1 N–H and O–H groups in total. The minimum Gasteiger partial charge on any atom is -0.497 e. The van der Waals surface area contributed by atoms with Crippen LogP contribution in [0.1, 0.15) is 19.3 Å². The maximum absolute atomic E-state index is 12.4. The molecule has 2 aromatic rings. The van der Waals surface area contributed by atoms with E-state index in [4.69, 9.17) is 9.47 Å². The average molecular weight is 404 g/mol. The van der Waals surface area contributed by atoms with Crippen LogP contribution < -0.4 is 19.1 Å². The number of nitrogens with zero attached hydrogens (tertiary/aromatic N) is 1. The summed E-state index contributed by atoms with van der Waals surface area (Å²) in [5.74, 6) is 1.44. The van der Waals surface area contributed by atoms with E-state index in [0.717, 1.165) is 24.3 Å². The van der Waals surface area contributed by atoms with Gasteiger partial charge in [0.05, 0.1) is 12.0 Å². The van der Waals surface area contributed by atoms with Gasteiger partial charge >= 0.3 is 0 Å². The molecule has 1 heterocycles. The Bertz CT molecular complexity index is 895. The summed E-state index contributed by atoms with van der Waals surface area (Å²) in [6, 6.07) is 13.4. The van der Waals surface area contributed by atoms with Crippen LogP contribution >= 0.6 is 0 Å². The molecule has 1 aliphatic heterocycles. The van der Waals surface area contributed by atoms with E-state index in [-0.39, 0.29) is 24.0 Å². The maximum atomic E-state index is 12.4. The highest BCUT2D eigenvalue weighted by Crippen LogP contribution is 2.22. The van der Waals surface area contributed by atoms with Crippen molar-refractivity contribution in [3.8, 4) is 11.5 Å². The summed E-state index contributed by atoms with van der Waals surface area (Å²) in [7, 11) is -2.05. The summed E-state index contributed by atoms with van der Waals surface area (Å²) in [5.41, 5.74) is 0.728. The van der Waals surface area contributed by atoms with E-state index in [1.54, 1.807) is 48.4 Å². The zero-order valence-corrected chi connectivity index (χ0v) is 16.6. The molecule has 0 aromatic heterocycles. The van der Waals surface area contributed by atoms with Crippen LogP contribution in [-0.2, 0) is 14.8 Å². The molecule has 8 heteroatoms. The van der Waals surface area contributed by atoms with Gasteiger partial charge in [-0.1, -0.05) is 0 Å². The van der Waals surface area contributed by atoms with Gasteiger partial charge in [-0.25, -0.2) is 13.1 Å². The third-order valence-electron chi connectivity index (χ3n) is 4.50. The van der Waals surface area contributed by atoms with Crippen molar-refractivity contribution in [1.82, 2.24) is 4.72 Å². The number of sulfonamides is 1. The zero-order chi connectivity index (χ0) is 20.0. The van der Waals surface area contributed by atoms with Crippen LogP contribution in [-0.4, -0.2) is 41.1 Å². The monoisotopic (exact) mass is 404 g/mol. The molecule has 0 aliphatic carbocycles. The molecule has 1 fully saturated rings. The maximum Gasteiger partial charge on any atom is 0.240 e. The van der Waals surface area contributed by atoms with E-state index in [1.807, 2.05) is 0 Å². The summed E-state index contributed by atoms with van der Waals surface area (Å²) in [5, 5.41) is 0. The van der Waals surface area contributed by atoms with Crippen LogP contribution in [0.25, 0.3) is 0 Å². The van der Waals surface area contributed by atoms with Gasteiger partial charge in [0.25, 0.3) is 0 Å². The Morgan fingerprint density at radius 2 is 1.68 bits per heavy atom. The number of hydrogen-bond donors (Lipinski definition) is 1. The van der Waals surface area contributed by atoms with Gasteiger partial charge in [0.1, 0.15) is 18.1 Å². The molecule has 0 unspecified atom stereocenters. The Balaban J connectivity index is 1.52. The van der Waals surface area contributed by atoms with Crippen LogP contribution in [0, 0.1) is 0 Å². The summed E-state index contributed by atoms with van der Waals surface area (Å²) < 4.78 is 37.9. The largest absolute Gasteiger partial charge is 0.497 e. The molecule has 0 atom stereocenters. The van der Waals surface area contributed by atoms with E-state index < -0.39 is 10.0 Å². The van der Waals surface area contributed by atoms with Crippen molar-refractivity contribution < 1.29 is 22.7 Å². The lowest BCUT2D eigenvalue weighted by molar-refractivity contribution is -0.119. The fourth-order valence-electron chi connectivity index (χ4n) is 2.98. The van der Waals surface area contributed by atoms with Gasteiger partial charge in [0.15, 0.2) is 0 Å². The summed E-state index contributed by atoms with van der Waals surface area (Å²) in [6.07, 6.45) is 2.40. The van der Waals surface area contributed by atoms with Gasteiger partial charge in [-0.3, -0.25) is 4.79 Å². The Labute approximate surface area is 165 Å². The molecule has 0 bridgehead atoms. The lowest BCUT2D eigenvalue weighted by Gasteiger charge is -2.26. The molecule has 1 aliphatic rings. The number of nitrogens with one attached hydrogen (secondary N) is 1. The quantitative estimate of drug-likeness (QED) is 0.684. The first kappa shape index (κ1) is 20.2. The minimum absolute atomic E-state index is 0.0793. The number of carbonyl (C=O) groups excluding carboxylic acids is 1. The Morgan fingerprint density at radius 3 is 2.32 bits per heavy atom. The molecular formula is C20H24N2O5S. The van der Waals surface area contributed by atoms with Gasteiger partial charge < -0.3 is 14.4 Å². The zero-order valence-electron chi connectivity index (χ0n) is 15.8. The predicted octanol–water partition coefficient (Wildman–Crippen LogP) is 2.57. The number of amides is 1. The van der Waals surface area contributed by atoms with Gasteiger partial charge in [0, 0.05) is 25.2 Å². The molecule has 0 saturated carbocycles. The van der Waals surface area contributed by atoms with Crippen molar-refractivity contribution in [3.05, 3.63) is 48.5 Å². The molecule has 0 spiro atoms. The van der Waals surface area contributed by atoms with Crippen molar-refractivity contribution in [2.75, 3.05) is 31.7 Å². The number of anilines is 1. The first-order valence-electron chi connectivity index (χ1n) is 9.16. The molecule has 0 radical (unpaired) electrons. The second-order valence-corrected chi connectivity index (χ2v) is 8.19. The standard InChI is InChI=1S/C20H24N2O5S/c1-26-17-7-9-18(10-8-17)27-15-13-21-28(24,25)19-11-5-16(6-12-19)22-14-3-2-4-20(22)23/h5-12,21H,2-4,13-15H2,1H3. The lowest BCUT2D eigenvalue weighted by Crippen LogP contribution is -2.35. The third kappa shape index (κ3) is 5.02. The predicted molar refractivity (Wildman–Crippen MR) is 106 cm³/mol. The second-order valence-electron chi connectivity index (χ2n) is 6.42. The molecule has 1 saturated heterocycles. The summed E-state index contributed by atoms with van der Waals surface area (Å²) in [4.78, 5) is 13.8. The first-order valence-corrected chi connectivity index (χ1v) is 10.6. The van der Waals surface area contributed by atoms with Crippen LogP contribution in [0.5, 0.6) is 11.5 Å². The number of methoxy groups -OCH3 is 1. The van der Waals surface area contributed by atoms with E-state index in [1.165, 1.54) is 12.1 Å². The summed E-state index contributed by atoms with van der Waals surface area (Å²) >= 11 is 0. The van der Waals surface area contributed by atoms with E-state index in [9.17, 15) is 13.2 Å². The molecule has 28 heavy (non-hydrogen) atoms. The van der Waals surface area contributed by atoms with Gasteiger partial charge in [0.2, 0.25) is 15.9 Å². The number of piperidine rings is 1.